The van der Waals surface area contributed by atoms with Crippen molar-refractivity contribution < 1.29 is 5.11 Å². The molecule has 1 heterocycles. The number of hydrogen-bond acceptors (Lipinski definition) is 3. The molecular weight excluding hydrogens is 388 g/mol. The minimum Gasteiger partial charge on any atom is -0.389 e. The van der Waals surface area contributed by atoms with Crippen LogP contribution in [-0.2, 0) is 0 Å². The highest BCUT2D eigenvalue weighted by Gasteiger charge is 2.59. The largest absolute Gasteiger partial charge is 0.389 e. The molecule has 4 bridgehead atoms. The summed E-state index contributed by atoms with van der Waals surface area (Å²) < 4.78 is 1.13. The molecule has 6 rings (SSSR count). The van der Waals surface area contributed by atoms with Crippen molar-refractivity contribution in [1.29, 1.82) is 0 Å². The van der Waals surface area contributed by atoms with Crippen molar-refractivity contribution >= 4 is 15.9 Å². The average molecular weight is 419 g/mol. The summed E-state index contributed by atoms with van der Waals surface area (Å²) in [6, 6.07) is 8.76. The van der Waals surface area contributed by atoms with Gasteiger partial charge in [0.1, 0.15) is 0 Å². The van der Waals surface area contributed by atoms with E-state index in [-0.39, 0.29) is 5.92 Å². The van der Waals surface area contributed by atoms with Crippen LogP contribution in [0.2, 0.25) is 0 Å². The van der Waals surface area contributed by atoms with Gasteiger partial charge in [-0.25, -0.2) is 0 Å². The molecule has 2 N–H and O–H groups in total. The topological polar surface area (TPSA) is 35.5 Å². The molecular formula is C22H31BrN2O. The number of piperazine rings is 1. The summed E-state index contributed by atoms with van der Waals surface area (Å²) in [5.41, 5.74) is 0.812. The highest BCUT2D eigenvalue weighted by Crippen LogP contribution is 2.62. The maximum absolute atomic E-state index is 12.3. The van der Waals surface area contributed by atoms with E-state index < -0.39 is 5.60 Å². The van der Waals surface area contributed by atoms with Crippen molar-refractivity contribution in [2.75, 3.05) is 32.7 Å². The minimum absolute atomic E-state index is 0.230. The van der Waals surface area contributed by atoms with Gasteiger partial charge in [-0.3, -0.25) is 0 Å². The van der Waals surface area contributed by atoms with Gasteiger partial charge in [-0.15, -0.1) is 0 Å². The van der Waals surface area contributed by atoms with Crippen molar-refractivity contribution in [3.8, 4) is 0 Å². The maximum Gasteiger partial charge on any atom is 0.0784 e. The summed E-state index contributed by atoms with van der Waals surface area (Å²) >= 11 is 3.67. The van der Waals surface area contributed by atoms with Crippen LogP contribution in [0.25, 0.3) is 0 Å². The lowest BCUT2D eigenvalue weighted by Gasteiger charge is -2.61. The number of nitrogens with zero attached hydrogens (tertiary/aromatic N) is 1. The fraction of sp³-hybridized carbons (Fsp3) is 0.727. The average Bonchev–Trinajstić information content (AvgIpc) is 2.64. The van der Waals surface area contributed by atoms with E-state index in [1.165, 1.54) is 37.7 Å². The number of halogens is 1. The third-order valence-electron chi connectivity index (χ3n) is 7.91. The fourth-order valence-electron chi connectivity index (χ4n) is 6.90. The van der Waals surface area contributed by atoms with E-state index in [4.69, 9.17) is 0 Å². The van der Waals surface area contributed by atoms with Crippen LogP contribution in [-0.4, -0.2) is 48.3 Å². The predicted octanol–water partition coefficient (Wildman–Crippen LogP) is 3.63. The van der Waals surface area contributed by atoms with Crippen molar-refractivity contribution in [1.82, 2.24) is 10.2 Å². The standard InChI is InChI=1S/C22H31BrN2O/c23-20-3-1-2-17(13-20)21(14-25-6-4-24-5-7-25)22(26)18-9-15-8-16(11-18)12-19(22)10-15/h1-3,13,15-16,18-19,21,24,26H,4-12,14H2. The first kappa shape index (κ1) is 17.7. The molecule has 26 heavy (non-hydrogen) atoms. The molecule has 5 fully saturated rings. The molecule has 0 spiro atoms. The fourth-order valence-corrected chi connectivity index (χ4v) is 7.32. The Morgan fingerprint density at radius 2 is 1.73 bits per heavy atom. The number of hydrogen-bond donors (Lipinski definition) is 2. The Bertz CT molecular complexity index is 629. The molecule has 3 nitrogen and oxygen atoms in total. The molecule has 1 atom stereocenters. The Morgan fingerprint density at radius 3 is 2.35 bits per heavy atom. The molecule has 4 heteroatoms. The smallest absolute Gasteiger partial charge is 0.0784 e. The first-order valence-electron chi connectivity index (χ1n) is 10.5. The lowest BCUT2D eigenvalue weighted by molar-refractivity contribution is -0.188. The number of aliphatic hydroxyl groups is 1. The quantitative estimate of drug-likeness (QED) is 0.783. The Hall–Kier alpha value is -0.420. The molecule has 4 aliphatic carbocycles. The van der Waals surface area contributed by atoms with Crippen molar-refractivity contribution in [2.24, 2.45) is 23.7 Å². The molecule has 1 aromatic rings. The van der Waals surface area contributed by atoms with E-state index in [2.05, 4.69) is 50.4 Å². The van der Waals surface area contributed by atoms with E-state index >= 15 is 0 Å². The predicted molar refractivity (Wildman–Crippen MR) is 108 cm³/mol. The first-order chi connectivity index (χ1) is 12.6. The second kappa shape index (κ2) is 6.88. The van der Waals surface area contributed by atoms with Crippen molar-refractivity contribution in [3.63, 3.8) is 0 Å². The molecule has 0 aromatic heterocycles. The number of rotatable bonds is 4. The van der Waals surface area contributed by atoms with Crippen molar-refractivity contribution in [2.45, 2.75) is 43.6 Å². The van der Waals surface area contributed by atoms with Crippen LogP contribution in [0.3, 0.4) is 0 Å². The highest BCUT2D eigenvalue weighted by atomic mass is 79.9. The van der Waals surface area contributed by atoms with E-state index in [0.717, 1.165) is 49.0 Å². The summed E-state index contributed by atoms with van der Waals surface area (Å²) in [4.78, 5) is 2.57. The Balaban J connectivity index is 1.50. The zero-order valence-electron chi connectivity index (χ0n) is 15.5. The third-order valence-corrected chi connectivity index (χ3v) is 8.40. The van der Waals surface area contributed by atoms with Gasteiger partial charge in [0.25, 0.3) is 0 Å². The molecule has 4 saturated carbocycles. The summed E-state index contributed by atoms with van der Waals surface area (Å²) in [7, 11) is 0. The SMILES string of the molecule is OC1(C(CN2CCNCC2)c2cccc(Br)c2)C2CC3CC(C2)CC1C3. The lowest BCUT2D eigenvalue weighted by Crippen LogP contribution is -2.62. The number of nitrogens with one attached hydrogen (secondary N) is 1. The summed E-state index contributed by atoms with van der Waals surface area (Å²) in [5.74, 6) is 3.02. The van der Waals surface area contributed by atoms with Gasteiger partial charge >= 0.3 is 0 Å². The van der Waals surface area contributed by atoms with Crippen LogP contribution in [0.1, 0.15) is 43.6 Å². The molecule has 1 saturated heterocycles. The Labute approximate surface area is 165 Å². The second-order valence-corrected chi connectivity index (χ2v) is 10.3. The van der Waals surface area contributed by atoms with Gasteiger partial charge in [-0.05, 0) is 73.5 Å². The van der Waals surface area contributed by atoms with Gasteiger partial charge in [0.2, 0.25) is 0 Å². The van der Waals surface area contributed by atoms with Crippen LogP contribution >= 0.6 is 15.9 Å². The van der Waals surface area contributed by atoms with Crippen LogP contribution in [0.5, 0.6) is 0 Å². The van der Waals surface area contributed by atoms with Gasteiger partial charge in [0.15, 0.2) is 0 Å². The first-order valence-corrected chi connectivity index (χ1v) is 11.3. The molecule has 1 aromatic carbocycles. The van der Waals surface area contributed by atoms with Crippen LogP contribution in [0.4, 0.5) is 0 Å². The van der Waals surface area contributed by atoms with Gasteiger partial charge in [-0.2, -0.15) is 0 Å². The monoisotopic (exact) mass is 418 g/mol. The summed E-state index contributed by atoms with van der Waals surface area (Å²) in [6.07, 6.45) is 6.47. The lowest BCUT2D eigenvalue weighted by atomic mass is 9.47. The van der Waals surface area contributed by atoms with Gasteiger partial charge in [-0.1, -0.05) is 28.1 Å². The molecule has 0 amide bonds. The van der Waals surface area contributed by atoms with Gasteiger partial charge in [0, 0.05) is 43.1 Å². The van der Waals surface area contributed by atoms with E-state index in [9.17, 15) is 5.11 Å². The third kappa shape index (κ3) is 2.97. The van der Waals surface area contributed by atoms with E-state index in [0.29, 0.717) is 11.8 Å². The highest BCUT2D eigenvalue weighted by molar-refractivity contribution is 9.10. The zero-order chi connectivity index (χ0) is 17.7. The summed E-state index contributed by atoms with van der Waals surface area (Å²) in [5, 5.41) is 15.7. The second-order valence-electron chi connectivity index (χ2n) is 9.35. The van der Waals surface area contributed by atoms with E-state index in [1.54, 1.807) is 0 Å². The normalized spacial score (nSPS) is 40.7. The zero-order valence-corrected chi connectivity index (χ0v) is 17.1. The number of benzene rings is 1. The maximum atomic E-state index is 12.3. The molecule has 1 aliphatic heterocycles. The molecule has 5 aliphatic rings. The van der Waals surface area contributed by atoms with Crippen LogP contribution < -0.4 is 5.32 Å². The Kier molecular flexibility index (Phi) is 4.67. The minimum atomic E-state index is -0.515. The van der Waals surface area contributed by atoms with Crippen molar-refractivity contribution in [3.05, 3.63) is 34.3 Å². The van der Waals surface area contributed by atoms with Crippen LogP contribution in [0, 0.1) is 23.7 Å². The summed E-state index contributed by atoms with van der Waals surface area (Å²) in [6.45, 7) is 5.33. The van der Waals surface area contributed by atoms with Gasteiger partial charge in [0.05, 0.1) is 5.60 Å². The molecule has 142 valence electrons. The van der Waals surface area contributed by atoms with Gasteiger partial charge < -0.3 is 15.3 Å². The Morgan fingerprint density at radius 1 is 1.08 bits per heavy atom. The molecule has 1 unspecified atom stereocenters. The van der Waals surface area contributed by atoms with E-state index in [1.807, 2.05) is 0 Å². The molecule has 0 radical (unpaired) electrons. The van der Waals surface area contributed by atoms with Crippen LogP contribution in [0.15, 0.2) is 28.7 Å².